The average Bonchev–Trinajstić information content (AvgIpc) is 2.79. The second kappa shape index (κ2) is 5.34. The van der Waals surface area contributed by atoms with Gasteiger partial charge in [-0.05, 0) is 6.92 Å². The van der Waals surface area contributed by atoms with Gasteiger partial charge in [0, 0.05) is 5.56 Å². The van der Waals surface area contributed by atoms with Crippen molar-refractivity contribution >= 4 is 11.9 Å². The number of carbonyl (C=O) groups excluding carboxylic acids is 2. The van der Waals surface area contributed by atoms with Crippen LogP contribution in [0.5, 0.6) is 0 Å². The van der Waals surface area contributed by atoms with Gasteiger partial charge in [-0.1, -0.05) is 35.5 Å². The van der Waals surface area contributed by atoms with Crippen molar-refractivity contribution in [3.8, 4) is 11.3 Å². The summed E-state index contributed by atoms with van der Waals surface area (Å²) in [6.45, 7) is 1.03. The molecule has 0 aliphatic rings. The fourth-order valence-corrected chi connectivity index (χ4v) is 1.67. The zero-order valence-electron chi connectivity index (χ0n) is 10.2. The Morgan fingerprint density at radius 2 is 2.00 bits per heavy atom. The number of amides is 1. The Balaban J connectivity index is 2.33. The van der Waals surface area contributed by atoms with E-state index in [1.165, 1.54) is 0 Å². The van der Waals surface area contributed by atoms with Gasteiger partial charge < -0.3 is 19.7 Å². The van der Waals surface area contributed by atoms with E-state index >= 15 is 0 Å². The minimum absolute atomic E-state index is 0.229. The van der Waals surface area contributed by atoms with Crippen LogP contribution < -0.4 is 10.4 Å². The number of rotatable bonds is 4. The summed E-state index contributed by atoms with van der Waals surface area (Å²) in [5.41, 5.74) is 1.33. The summed E-state index contributed by atoms with van der Waals surface area (Å²) in [7, 11) is 0. The van der Waals surface area contributed by atoms with Gasteiger partial charge in [0.15, 0.2) is 0 Å². The number of aryl methyl sites for hydroxylation is 1. The maximum absolute atomic E-state index is 11.9. The number of aliphatic carboxylic acids is 1. The smallest absolute Gasteiger partial charge is 0.257 e. The average molecular weight is 259 g/mol. The summed E-state index contributed by atoms with van der Waals surface area (Å²) in [5, 5.41) is 16.4. The van der Waals surface area contributed by atoms with Gasteiger partial charge in [-0.3, -0.25) is 4.79 Å². The molecular weight excluding hydrogens is 248 g/mol. The molecule has 0 atom stereocenters. The lowest BCUT2D eigenvalue weighted by atomic mass is 10.1. The number of hydrogen-bond acceptors (Lipinski definition) is 5. The van der Waals surface area contributed by atoms with Crippen LogP contribution in [-0.4, -0.2) is 23.6 Å². The molecule has 98 valence electrons. The highest BCUT2D eigenvalue weighted by Crippen LogP contribution is 2.24. The van der Waals surface area contributed by atoms with Crippen LogP contribution in [0.15, 0.2) is 34.9 Å². The summed E-state index contributed by atoms with van der Waals surface area (Å²) >= 11 is 0. The number of aromatic nitrogens is 1. The molecule has 1 amide bonds. The van der Waals surface area contributed by atoms with Crippen LogP contribution in [0.2, 0.25) is 0 Å². The lowest BCUT2D eigenvalue weighted by Crippen LogP contribution is -2.37. The van der Waals surface area contributed by atoms with Crippen molar-refractivity contribution < 1.29 is 19.2 Å². The predicted octanol–water partition coefficient (Wildman–Crippen LogP) is 0.130. The Labute approximate surface area is 109 Å². The maximum atomic E-state index is 11.9. The third kappa shape index (κ3) is 2.79. The van der Waals surface area contributed by atoms with E-state index < -0.39 is 18.4 Å². The lowest BCUT2D eigenvalue weighted by molar-refractivity contribution is -0.303. The highest BCUT2D eigenvalue weighted by molar-refractivity contribution is 6.01. The van der Waals surface area contributed by atoms with Crippen molar-refractivity contribution in [1.82, 2.24) is 10.5 Å². The Hall–Kier alpha value is -2.63. The lowest BCUT2D eigenvalue weighted by Gasteiger charge is -2.06. The first-order valence-electron chi connectivity index (χ1n) is 5.59. The number of hydrogen-bond donors (Lipinski definition) is 1. The summed E-state index contributed by atoms with van der Waals surface area (Å²) < 4.78 is 5.00. The predicted molar refractivity (Wildman–Crippen MR) is 64.0 cm³/mol. The van der Waals surface area contributed by atoms with E-state index in [0.717, 1.165) is 5.56 Å². The highest BCUT2D eigenvalue weighted by atomic mass is 16.5. The van der Waals surface area contributed by atoms with Crippen LogP contribution in [0, 0.1) is 6.92 Å². The van der Waals surface area contributed by atoms with Gasteiger partial charge in [-0.2, -0.15) is 0 Å². The van der Waals surface area contributed by atoms with Crippen molar-refractivity contribution in [2.75, 3.05) is 6.54 Å². The SMILES string of the molecule is Cc1onc(-c2ccccc2)c1C(=O)NCC(=O)[O-]. The molecule has 2 aromatic rings. The molecule has 0 radical (unpaired) electrons. The first-order chi connectivity index (χ1) is 9.09. The van der Waals surface area contributed by atoms with Crippen LogP contribution in [0.4, 0.5) is 0 Å². The fraction of sp³-hybridized carbons (Fsp3) is 0.154. The Morgan fingerprint density at radius 1 is 1.32 bits per heavy atom. The van der Waals surface area contributed by atoms with Crippen LogP contribution in [0.1, 0.15) is 16.1 Å². The van der Waals surface area contributed by atoms with Gasteiger partial charge in [0.1, 0.15) is 17.0 Å². The highest BCUT2D eigenvalue weighted by Gasteiger charge is 2.20. The molecule has 1 aromatic heterocycles. The topological polar surface area (TPSA) is 95.3 Å². The van der Waals surface area contributed by atoms with Gasteiger partial charge in [0.25, 0.3) is 5.91 Å². The van der Waals surface area contributed by atoms with Crippen molar-refractivity contribution in [3.63, 3.8) is 0 Å². The van der Waals surface area contributed by atoms with Crippen LogP contribution >= 0.6 is 0 Å². The summed E-state index contributed by atoms with van der Waals surface area (Å²) in [6, 6.07) is 9.02. The largest absolute Gasteiger partial charge is 0.548 e. The number of nitrogens with zero attached hydrogens (tertiary/aromatic N) is 1. The first-order valence-corrected chi connectivity index (χ1v) is 5.59. The normalized spacial score (nSPS) is 10.2. The van der Waals surface area contributed by atoms with Crippen LogP contribution in [0.3, 0.4) is 0 Å². The molecule has 0 saturated heterocycles. The molecule has 0 aliphatic carbocycles. The Morgan fingerprint density at radius 3 is 2.63 bits per heavy atom. The zero-order chi connectivity index (χ0) is 13.8. The van der Waals surface area contributed by atoms with E-state index in [0.29, 0.717) is 11.5 Å². The number of carboxylic acids is 1. The van der Waals surface area contributed by atoms with Gasteiger partial charge >= 0.3 is 0 Å². The van der Waals surface area contributed by atoms with E-state index in [2.05, 4.69) is 10.5 Å². The molecule has 0 saturated carbocycles. The van der Waals surface area contributed by atoms with E-state index in [1.807, 2.05) is 18.2 Å². The third-order valence-corrected chi connectivity index (χ3v) is 2.53. The number of nitrogens with one attached hydrogen (secondary N) is 1. The molecule has 1 aromatic carbocycles. The maximum Gasteiger partial charge on any atom is 0.257 e. The van der Waals surface area contributed by atoms with Crippen LogP contribution in [-0.2, 0) is 4.79 Å². The zero-order valence-corrected chi connectivity index (χ0v) is 10.2. The Bertz CT molecular complexity index is 604. The third-order valence-electron chi connectivity index (χ3n) is 2.53. The molecular formula is C13H11N2O4-. The second-order valence-corrected chi connectivity index (χ2v) is 3.88. The molecule has 1 heterocycles. The molecule has 0 unspecified atom stereocenters. The van der Waals surface area contributed by atoms with E-state index in [9.17, 15) is 14.7 Å². The minimum Gasteiger partial charge on any atom is -0.548 e. The first kappa shape index (κ1) is 12.8. The molecule has 0 bridgehead atoms. The van der Waals surface area contributed by atoms with E-state index in [4.69, 9.17) is 4.52 Å². The van der Waals surface area contributed by atoms with E-state index in [-0.39, 0.29) is 5.56 Å². The molecule has 6 nitrogen and oxygen atoms in total. The molecule has 2 rings (SSSR count). The second-order valence-electron chi connectivity index (χ2n) is 3.88. The van der Waals surface area contributed by atoms with Crippen molar-refractivity contribution in [3.05, 3.63) is 41.7 Å². The van der Waals surface area contributed by atoms with Crippen molar-refractivity contribution in [1.29, 1.82) is 0 Å². The van der Waals surface area contributed by atoms with Crippen LogP contribution in [0.25, 0.3) is 11.3 Å². The minimum atomic E-state index is -1.36. The monoisotopic (exact) mass is 259 g/mol. The standard InChI is InChI=1S/C13H12N2O4/c1-8-11(13(18)14-7-10(16)17)12(15-19-8)9-5-3-2-4-6-9/h2-6H,7H2,1H3,(H,14,18)(H,16,17)/p-1. The molecule has 0 aliphatic heterocycles. The van der Waals surface area contributed by atoms with Gasteiger partial charge in [-0.25, -0.2) is 0 Å². The quantitative estimate of drug-likeness (QED) is 0.842. The summed E-state index contributed by atoms with van der Waals surface area (Å²) in [5.74, 6) is -1.58. The molecule has 19 heavy (non-hydrogen) atoms. The van der Waals surface area contributed by atoms with Gasteiger partial charge in [0.05, 0.1) is 12.5 Å². The van der Waals surface area contributed by atoms with Crippen molar-refractivity contribution in [2.24, 2.45) is 0 Å². The molecule has 1 N–H and O–H groups in total. The number of carbonyl (C=O) groups is 2. The van der Waals surface area contributed by atoms with Crippen molar-refractivity contribution in [2.45, 2.75) is 6.92 Å². The fourth-order valence-electron chi connectivity index (χ4n) is 1.67. The summed E-state index contributed by atoms with van der Waals surface area (Å²) in [6.07, 6.45) is 0. The molecule has 0 fully saturated rings. The van der Waals surface area contributed by atoms with E-state index in [1.54, 1.807) is 19.1 Å². The number of benzene rings is 1. The summed E-state index contributed by atoms with van der Waals surface area (Å²) in [4.78, 5) is 22.3. The molecule has 0 spiro atoms. The molecule has 6 heteroatoms. The number of carboxylic acid groups (broad SMARTS) is 1. The van der Waals surface area contributed by atoms with Gasteiger partial charge in [0.2, 0.25) is 0 Å². The van der Waals surface area contributed by atoms with Gasteiger partial charge in [-0.15, -0.1) is 0 Å². The Kier molecular flexibility index (Phi) is 3.61.